The van der Waals surface area contributed by atoms with Crippen LogP contribution in [0.4, 0.5) is 0 Å². The first-order chi connectivity index (χ1) is 7.36. The quantitative estimate of drug-likeness (QED) is 0.784. The van der Waals surface area contributed by atoms with Gasteiger partial charge in [-0.05, 0) is 36.8 Å². The number of benzene rings is 1. The molecule has 0 amide bonds. The van der Waals surface area contributed by atoms with Crippen molar-refractivity contribution in [1.82, 2.24) is 5.32 Å². The second-order valence-electron chi connectivity index (χ2n) is 4.13. The van der Waals surface area contributed by atoms with Crippen LogP contribution in [-0.4, -0.2) is 12.8 Å². The predicted molar refractivity (Wildman–Crippen MR) is 67.4 cm³/mol. The highest BCUT2D eigenvalue weighted by Gasteiger charge is 2.27. The van der Waals surface area contributed by atoms with E-state index in [0.717, 1.165) is 5.92 Å². The van der Waals surface area contributed by atoms with Gasteiger partial charge in [0.05, 0.1) is 0 Å². The lowest BCUT2D eigenvalue weighted by atomic mass is 9.92. The first-order valence-electron chi connectivity index (χ1n) is 5.73. The molecule has 1 aromatic carbocycles. The van der Waals surface area contributed by atoms with Crippen molar-refractivity contribution in [2.24, 2.45) is 5.92 Å². The van der Waals surface area contributed by atoms with E-state index in [1.54, 1.807) is 0 Å². The van der Waals surface area contributed by atoms with Crippen LogP contribution in [0.1, 0.15) is 31.4 Å². The smallest absolute Gasteiger partial charge is 0.0360 e. The van der Waals surface area contributed by atoms with Crippen LogP contribution >= 0.6 is 11.8 Å². The summed E-state index contributed by atoms with van der Waals surface area (Å²) in [7, 11) is 0. The van der Waals surface area contributed by atoms with Crippen LogP contribution in [0, 0.1) is 5.92 Å². The van der Waals surface area contributed by atoms with Gasteiger partial charge in [0.2, 0.25) is 0 Å². The Hall–Kier alpha value is -0.470. The fourth-order valence-electron chi connectivity index (χ4n) is 2.48. The Labute approximate surface area is 96.7 Å². The number of hydrogen-bond donors (Lipinski definition) is 1. The first kappa shape index (κ1) is 11.0. The van der Waals surface area contributed by atoms with Crippen molar-refractivity contribution in [2.75, 3.05) is 12.8 Å². The zero-order chi connectivity index (χ0) is 10.7. The van der Waals surface area contributed by atoms with Crippen LogP contribution in [0.15, 0.2) is 29.2 Å². The molecule has 1 aliphatic heterocycles. The Morgan fingerprint density at radius 1 is 1.40 bits per heavy atom. The Morgan fingerprint density at radius 2 is 2.20 bits per heavy atom. The van der Waals surface area contributed by atoms with E-state index in [9.17, 15) is 0 Å². The van der Waals surface area contributed by atoms with E-state index in [4.69, 9.17) is 0 Å². The Kier molecular flexibility index (Phi) is 3.71. The molecule has 1 aliphatic rings. The third-order valence-electron chi connectivity index (χ3n) is 3.35. The SMILES string of the molecule is CCC1CCNC1c1ccccc1SC. The summed E-state index contributed by atoms with van der Waals surface area (Å²) in [5.74, 6) is 0.818. The minimum absolute atomic E-state index is 0.582. The van der Waals surface area contributed by atoms with E-state index in [0.29, 0.717) is 6.04 Å². The minimum atomic E-state index is 0.582. The highest BCUT2D eigenvalue weighted by Crippen LogP contribution is 2.36. The topological polar surface area (TPSA) is 12.0 Å². The predicted octanol–water partition coefficient (Wildman–Crippen LogP) is 3.47. The number of hydrogen-bond acceptors (Lipinski definition) is 2. The van der Waals surface area contributed by atoms with Crippen LogP contribution in [0.2, 0.25) is 0 Å². The van der Waals surface area contributed by atoms with Crippen molar-refractivity contribution in [1.29, 1.82) is 0 Å². The van der Waals surface area contributed by atoms with Gasteiger partial charge < -0.3 is 5.32 Å². The fourth-order valence-corrected chi connectivity index (χ4v) is 3.13. The van der Waals surface area contributed by atoms with Crippen LogP contribution in [0.3, 0.4) is 0 Å². The fraction of sp³-hybridized carbons (Fsp3) is 0.538. The van der Waals surface area contributed by atoms with Gasteiger partial charge >= 0.3 is 0 Å². The molecule has 82 valence electrons. The van der Waals surface area contributed by atoms with E-state index in [-0.39, 0.29) is 0 Å². The highest BCUT2D eigenvalue weighted by molar-refractivity contribution is 7.98. The molecule has 1 saturated heterocycles. The molecule has 1 aromatic rings. The van der Waals surface area contributed by atoms with Crippen molar-refractivity contribution in [2.45, 2.75) is 30.7 Å². The lowest BCUT2D eigenvalue weighted by molar-refractivity contribution is 0.444. The van der Waals surface area contributed by atoms with Gasteiger partial charge in [-0.15, -0.1) is 11.8 Å². The molecular formula is C13H19NS. The van der Waals surface area contributed by atoms with Crippen LogP contribution in [0.25, 0.3) is 0 Å². The van der Waals surface area contributed by atoms with E-state index >= 15 is 0 Å². The summed E-state index contributed by atoms with van der Waals surface area (Å²) in [5.41, 5.74) is 1.49. The van der Waals surface area contributed by atoms with E-state index < -0.39 is 0 Å². The van der Waals surface area contributed by atoms with E-state index in [1.165, 1.54) is 29.8 Å². The average Bonchev–Trinajstić information content (AvgIpc) is 2.76. The summed E-state index contributed by atoms with van der Waals surface area (Å²) in [5, 5.41) is 3.64. The number of rotatable bonds is 3. The summed E-state index contributed by atoms with van der Waals surface area (Å²) in [4.78, 5) is 1.43. The van der Waals surface area contributed by atoms with Crippen LogP contribution in [0.5, 0.6) is 0 Å². The zero-order valence-electron chi connectivity index (χ0n) is 9.49. The average molecular weight is 221 g/mol. The summed E-state index contributed by atoms with van der Waals surface area (Å²) in [6.45, 7) is 3.47. The van der Waals surface area contributed by atoms with E-state index in [1.807, 2.05) is 11.8 Å². The molecule has 2 atom stereocenters. The second kappa shape index (κ2) is 5.04. The van der Waals surface area contributed by atoms with Gasteiger partial charge in [0.1, 0.15) is 0 Å². The van der Waals surface area contributed by atoms with Crippen molar-refractivity contribution < 1.29 is 0 Å². The molecule has 15 heavy (non-hydrogen) atoms. The second-order valence-corrected chi connectivity index (χ2v) is 4.98. The van der Waals surface area contributed by atoms with Crippen molar-refractivity contribution in [3.05, 3.63) is 29.8 Å². The molecule has 0 radical (unpaired) electrons. The van der Waals surface area contributed by atoms with Crippen molar-refractivity contribution in [3.63, 3.8) is 0 Å². The monoisotopic (exact) mass is 221 g/mol. The molecule has 1 heterocycles. The minimum Gasteiger partial charge on any atom is -0.310 e. The molecule has 1 N–H and O–H groups in total. The Balaban J connectivity index is 2.27. The van der Waals surface area contributed by atoms with Gasteiger partial charge in [0.25, 0.3) is 0 Å². The molecule has 0 saturated carbocycles. The lowest BCUT2D eigenvalue weighted by Gasteiger charge is -2.20. The molecule has 0 spiro atoms. The Bertz CT molecular complexity index is 324. The van der Waals surface area contributed by atoms with Gasteiger partial charge in [-0.25, -0.2) is 0 Å². The van der Waals surface area contributed by atoms with E-state index in [2.05, 4.69) is 42.8 Å². The Morgan fingerprint density at radius 3 is 2.93 bits per heavy atom. The van der Waals surface area contributed by atoms with Gasteiger partial charge in [0, 0.05) is 10.9 Å². The third kappa shape index (κ3) is 2.21. The molecule has 1 nitrogen and oxygen atoms in total. The number of thioether (sulfide) groups is 1. The summed E-state index contributed by atoms with van der Waals surface area (Å²) < 4.78 is 0. The maximum Gasteiger partial charge on any atom is 0.0360 e. The zero-order valence-corrected chi connectivity index (χ0v) is 10.3. The highest BCUT2D eigenvalue weighted by atomic mass is 32.2. The van der Waals surface area contributed by atoms with Gasteiger partial charge in [-0.1, -0.05) is 31.5 Å². The largest absolute Gasteiger partial charge is 0.310 e. The molecule has 0 aromatic heterocycles. The number of nitrogens with one attached hydrogen (secondary N) is 1. The lowest BCUT2D eigenvalue weighted by Crippen LogP contribution is -2.18. The summed E-state index contributed by atoms with van der Waals surface area (Å²) >= 11 is 1.85. The molecule has 0 aliphatic carbocycles. The molecule has 2 heteroatoms. The first-order valence-corrected chi connectivity index (χ1v) is 6.95. The maximum absolute atomic E-state index is 3.64. The molecule has 2 rings (SSSR count). The van der Waals surface area contributed by atoms with Gasteiger partial charge in [-0.2, -0.15) is 0 Å². The van der Waals surface area contributed by atoms with Crippen LogP contribution in [-0.2, 0) is 0 Å². The molecular weight excluding hydrogens is 202 g/mol. The third-order valence-corrected chi connectivity index (χ3v) is 4.16. The summed E-state index contributed by atoms with van der Waals surface area (Å²) in [6.07, 6.45) is 4.76. The standard InChI is InChI=1S/C13H19NS/c1-3-10-8-9-14-13(10)11-6-4-5-7-12(11)15-2/h4-7,10,13-14H,3,8-9H2,1-2H3. The molecule has 0 bridgehead atoms. The summed E-state index contributed by atoms with van der Waals surface area (Å²) in [6, 6.07) is 9.37. The van der Waals surface area contributed by atoms with Gasteiger partial charge in [0.15, 0.2) is 0 Å². The maximum atomic E-state index is 3.64. The normalized spacial score (nSPS) is 25.7. The molecule has 1 fully saturated rings. The van der Waals surface area contributed by atoms with Gasteiger partial charge in [-0.3, -0.25) is 0 Å². The molecule has 2 unspecified atom stereocenters. The van der Waals surface area contributed by atoms with Crippen LogP contribution < -0.4 is 5.32 Å². The van der Waals surface area contributed by atoms with Crippen molar-refractivity contribution >= 4 is 11.8 Å². The van der Waals surface area contributed by atoms with Crippen molar-refractivity contribution in [3.8, 4) is 0 Å².